The number of para-hydroxylation sites is 1. The number of carbonyl (C=O) groups excluding carboxylic acids is 4. The Kier molecular flexibility index (Phi) is 6.05. The molecule has 0 aromatic heterocycles. The molecule has 0 bridgehead atoms. The summed E-state index contributed by atoms with van der Waals surface area (Å²) >= 11 is 12.7. The Hall–Kier alpha value is -4.84. The van der Waals surface area contributed by atoms with E-state index in [4.69, 9.17) is 23.2 Å². The van der Waals surface area contributed by atoms with Gasteiger partial charge >= 0.3 is 0 Å². The topological polar surface area (TPSA) is 71.5 Å². The fraction of sp³-hybridized carbons (Fsp3) is 0.105. The summed E-state index contributed by atoms with van der Waals surface area (Å²) in [5.41, 5.74) is -1.27. The molecule has 5 aromatic rings. The molecule has 2 atom stereocenters. The van der Waals surface area contributed by atoms with Crippen molar-refractivity contribution in [2.24, 2.45) is 5.41 Å². The first-order chi connectivity index (χ1) is 21.8. The van der Waals surface area contributed by atoms with Crippen LogP contribution in [-0.4, -0.2) is 28.7 Å². The fourth-order valence-corrected chi connectivity index (χ4v) is 8.26. The van der Waals surface area contributed by atoms with Gasteiger partial charge in [-0.2, -0.15) is 0 Å². The van der Waals surface area contributed by atoms with Crippen molar-refractivity contribution in [2.75, 3.05) is 4.90 Å². The van der Waals surface area contributed by atoms with Gasteiger partial charge in [-0.3, -0.25) is 19.2 Å². The molecule has 2 spiro atoms. The highest BCUT2D eigenvalue weighted by atomic mass is 35.5. The van der Waals surface area contributed by atoms with Crippen LogP contribution in [0.5, 0.6) is 0 Å². The fourth-order valence-electron chi connectivity index (χ4n) is 8.00. The van der Waals surface area contributed by atoms with Gasteiger partial charge in [-0.1, -0.05) is 114 Å². The van der Waals surface area contributed by atoms with Crippen molar-refractivity contribution in [1.82, 2.24) is 0 Å². The number of Topliss-reactive ketones (excluding diaryl/α,β-unsaturated/α-hetero) is 4. The summed E-state index contributed by atoms with van der Waals surface area (Å²) in [4.78, 5) is 62.6. The van der Waals surface area contributed by atoms with Crippen LogP contribution in [0.2, 0.25) is 10.0 Å². The van der Waals surface area contributed by atoms with E-state index in [2.05, 4.69) is 0 Å². The van der Waals surface area contributed by atoms with Crippen LogP contribution in [0.3, 0.4) is 0 Å². The second-order valence-corrected chi connectivity index (χ2v) is 12.6. The van der Waals surface area contributed by atoms with E-state index in [0.717, 1.165) is 0 Å². The Morgan fingerprint density at radius 1 is 0.467 bits per heavy atom. The molecule has 218 valence electrons. The lowest BCUT2D eigenvalue weighted by molar-refractivity contribution is 0.0620. The van der Waals surface area contributed by atoms with E-state index in [9.17, 15) is 0 Å². The van der Waals surface area contributed by atoms with Crippen molar-refractivity contribution >= 4 is 52.0 Å². The van der Waals surface area contributed by atoms with Gasteiger partial charge in [0.1, 0.15) is 5.41 Å². The van der Waals surface area contributed by atoms with Gasteiger partial charge in [-0.05, 0) is 47.5 Å². The van der Waals surface area contributed by atoms with E-state index in [0.29, 0.717) is 26.9 Å². The quantitative estimate of drug-likeness (QED) is 0.188. The molecular weight excluding hydrogens is 605 g/mol. The maximum atomic E-state index is 15.2. The van der Waals surface area contributed by atoms with Gasteiger partial charge in [0.05, 0.1) is 6.04 Å². The van der Waals surface area contributed by atoms with Crippen LogP contribution in [0.25, 0.3) is 0 Å². The molecule has 1 saturated heterocycles. The van der Waals surface area contributed by atoms with Gasteiger partial charge in [-0.25, -0.2) is 0 Å². The van der Waals surface area contributed by atoms with Crippen molar-refractivity contribution in [3.8, 4) is 0 Å². The summed E-state index contributed by atoms with van der Waals surface area (Å²) in [6.45, 7) is 0. The number of anilines is 1. The zero-order valence-corrected chi connectivity index (χ0v) is 25.1. The van der Waals surface area contributed by atoms with Crippen molar-refractivity contribution in [3.05, 3.63) is 171 Å². The van der Waals surface area contributed by atoms with Crippen molar-refractivity contribution in [3.63, 3.8) is 0 Å². The maximum Gasteiger partial charge on any atom is 0.197 e. The van der Waals surface area contributed by atoms with Crippen molar-refractivity contribution < 1.29 is 19.2 Å². The predicted octanol–water partition coefficient (Wildman–Crippen LogP) is 8.22. The number of rotatable bonds is 3. The minimum atomic E-state index is -1.99. The van der Waals surface area contributed by atoms with E-state index in [1.165, 1.54) is 0 Å². The molecule has 45 heavy (non-hydrogen) atoms. The zero-order valence-electron chi connectivity index (χ0n) is 23.6. The Bertz CT molecular complexity index is 2000. The van der Waals surface area contributed by atoms with Crippen molar-refractivity contribution in [2.45, 2.75) is 17.5 Å². The molecule has 7 heteroatoms. The smallest absolute Gasteiger partial charge is 0.197 e. The normalized spacial score (nSPS) is 20.7. The van der Waals surface area contributed by atoms with Crippen LogP contribution in [0.4, 0.5) is 5.69 Å². The highest BCUT2D eigenvalue weighted by molar-refractivity contribution is 6.39. The van der Waals surface area contributed by atoms with Crippen LogP contribution in [0.1, 0.15) is 64.5 Å². The molecule has 1 heterocycles. The Morgan fingerprint density at radius 3 is 1.33 bits per heavy atom. The molecular formula is C38H23Cl2NO4. The molecule has 1 fully saturated rings. The molecule has 0 N–H and O–H groups in total. The number of ketones is 4. The number of nitrogens with zero attached hydrogens (tertiary/aromatic N) is 1. The first-order valence-electron chi connectivity index (χ1n) is 14.6. The number of halogens is 2. The Labute approximate surface area is 269 Å². The van der Waals surface area contributed by atoms with Gasteiger partial charge in [0, 0.05) is 43.9 Å². The number of fused-ring (bicyclic) bond motifs is 2. The Morgan fingerprint density at radius 2 is 0.867 bits per heavy atom. The van der Waals surface area contributed by atoms with Crippen LogP contribution in [0.15, 0.2) is 127 Å². The second kappa shape index (κ2) is 9.83. The molecule has 1 aliphatic heterocycles. The molecule has 0 radical (unpaired) electrons. The van der Waals surface area contributed by atoms with Crippen LogP contribution in [0, 0.1) is 5.41 Å². The van der Waals surface area contributed by atoms with Gasteiger partial charge in [-0.15, -0.1) is 0 Å². The second-order valence-electron chi connectivity index (χ2n) is 11.7. The van der Waals surface area contributed by atoms with Crippen LogP contribution in [-0.2, 0) is 0 Å². The molecule has 0 unspecified atom stereocenters. The average molecular weight is 629 g/mol. The van der Waals surface area contributed by atoms with Gasteiger partial charge in [0.2, 0.25) is 0 Å². The lowest BCUT2D eigenvalue weighted by Gasteiger charge is -2.40. The number of hydrogen-bond donors (Lipinski definition) is 0. The van der Waals surface area contributed by atoms with E-state index in [1.807, 2.05) is 30.3 Å². The monoisotopic (exact) mass is 627 g/mol. The third-order valence-electron chi connectivity index (χ3n) is 9.64. The highest BCUT2D eigenvalue weighted by Gasteiger charge is 2.80. The summed E-state index contributed by atoms with van der Waals surface area (Å²) in [5, 5.41) is 0.905. The first kappa shape index (κ1) is 27.7. The summed E-state index contributed by atoms with van der Waals surface area (Å²) in [5.74, 6) is -3.00. The minimum Gasteiger partial charge on any atom is -0.343 e. The standard InChI is InChI=1S/C38H23Cl2NO4/c39-24-18-14-22(15-19-24)31-37(33(42)27-10-4-5-11-28(27)34(37)43)32(23-16-20-25(40)21-17-23)41(26-8-2-1-3-9-26)38(31)35(44)29-12-6-7-13-30(29)36(38)45/h1-21,31-32H/t31-,32-/m0/s1. The molecule has 0 saturated carbocycles. The average Bonchev–Trinajstić information content (AvgIpc) is 3.57. The van der Waals surface area contributed by atoms with E-state index >= 15 is 19.2 Å². The summed E-state index contributed by atoms with van der Waals surface area (Å²) in [7, 11) is 0. The highest BCUT2D eigenvalue weighted by Crippen LogP contribution is 2.69. The molecule has 8 rings (SSSR count). The number of carbonyl (C=O) groups is 4. The van der Waals surface area contributed by atoms with Gasteiger partial charge in [0.25, 0.3) is 0 Å². The lowest BCUT2D eigenvalue weighted by Crippen LogP contribution is -2.57. The molecule has 5 aromatic carbocycles. The summed E-state index contributed by atoms with van der Waals surface area (Å²) in [6.07, 6.45) is 0. The van der Waals surface area contributed by atoms with Crippen LogP contribution >= 0.6 is 23.2 Å². The molecule has 2 aliphatic carbocycles. The summed E-state index contributed by atoms with van der Waals surface area (Å²) < 4.78 is 0. The van der Waals surface area contributed by atoms with E-state index in [1.54, 1.807) is 102 Å². The van der Waals surface area contributed by atoms with Crippen molar-refractivity contribution in [1.29, 1.82) is 0 Å². The maximum absolute atomic E-state index is 15.2. The third kappa shape index (κ3) is 3.45. The molecule has 5 nitrogen and oxygen atoms in total. The van der Waals surface area contributed by atoms with E-state index in [-0.39, 0.29) is 22.3 Å². The predicted molar refractivity (Wildman–Crippen MR) is 173 cm³/mol. The number of hydrogen-bond acceptors (Lipinski definition) is 5. The Balaban J connectivity index is 1.58. The summed E-state index contributed by atoms with van der Waals surface area (Å²) in [6, 6.07) is 35.2. The van der Waals surface area contributed by atoms with Crippen LogP contribution < -0.4 is 4.90 Å². The van der Waals surface area contributed by atoms with Gasteiger partial charge in [0.15, 0.2) is 28.7 Å². The first-order valence-corrected chi connectivity index (χ1v) is 15.3. The third-order valence-corrected chi connectivity index (χ3v) is 10.1. The molecule has 3 aliphatic rings. The van der Waals surface area contributed by atoms with Gasteiger partial charge < -0.3 is 4.90 Å². The number of benzene rings is 5. The molecule has 0 amide bonds. The van der Waals surface area contributed by atoms with E-state index < -0.39 is 46.0 Å². The largest absolute Gasteiger partial charge is 0.343 e. The zero-order chi connectivity index (χ0) is 31.1. The lowest BCUT2D eigenvalue weighted by atomic mass is 9.60. The SMILES string of the molecule is O=C1c2ccccc2C(=O)C12[C@H](c1ccc(Cl)cc1)N(c1ccccc1)C1(C(=O)c3ccccc3C1=O)[C@H]2c1ccc(Cl)cc1. The minimum absolute atomic E-state index is 0.254.